The van der Waals surface area contributed by atoms with Crippen molar-refractivity contribution >= 4 is 28.8 Å². The van der Waals surface area contributed by atoms with Crippen molar-refractivity contribution in [1.29, 1.82) is 0 Å². The maximum Gasteiger partial charge on any atom is 0.231 e. The summed E-state index contributed by atoms with van der Waals surface area (Å²) in [5.74, 6) is 0.278. The van der Waals surface area contributed by atoms with Gasteiger partial charge >= 0.3 is 0 Å². The molecule has 1 rings (SSSR count). The van der Waals surface area contributed by atoms with E-state index in [0.29, 0.717) is 0 Å². The van der Waals surface area contributed by atoms with Crippen LogP contribution in [0.3, 0.4) is 0 Å². The molecule has 0 spiro atoms. The number of halogens is 1. The summed E-state index contributed by atoms with van der Waals surface area (Å²) in [6, 6.07) is 0. The van der Waals surface area contributed by atoms with E-state index in [9.17, 15) is 4.79 Å². The molecule has 0 aromatic heterocycles. The van der Waals surface area contributed by atoms with Crippen molar-refractivity contribution in [2.24, 2.45) is 0 Å². The third kappa shape index (κ3) is 1.05. The van der Waals surface area contributed by atoms with E-state index in [-0.39, 0.29) is 5.91 Å². The maximum absolute atomic E-state index is 10.5. The van der Waals surface area contributed by atoms with Crippen LogP contribution in [0.25, 0.3) is 0 Å². The van der Waals surface area contributed by atoms with E-state index >= 15 is 0 Å². The van der Waals surface area contributed by atoms with E-state index in [1.807, 2.05) is 22.9 Å². The van der Waals surface area contributed by atoms with Crippen LogP contribution in [0, 0.1) is 0 Å². The zero-order valence-electron chi connectivity index (χ0n) is 3.85. The van der Waals surface area contributed by atoms with Gasteiger partial charge in [-0.3, -0.25) is 7.91 Å². The van der Waals surface area contributed by atoms with Crippen LogP contribution in [0.2, 0.25) is 0 Å². The largest absolute Gasteiger partial charge is 0.285 e. The summed E-state index contributed by atoms with van der Waals surface area (Å²) in [6.45, 7) is 0.944. The number of hydrogen-bond acceptors (Lipinski definition) is 1. The summed E-state index contributed by atoms with van der Waals surface area (Å²) in [4.78, 5) is 10.5. The molecule has 40 valence electrons. The van der Waals surface area contributed by atoms with Gasteiger partial charge in [-0.25, -0.2) is 0 Å². The highest BCUT2D eigenvalue weighted by Crippen LogP contribution is 2.12. The van der Waals surface area contributed by atoms with E-state index in [0.717, 1.165) is 19.4 Å². The maximum atomic E-state index is 10.5. The highest BCUT2D eigenvalue weighted by molar-refractivity contribution is 14.1. The molecule has 7 heavy (non-hydrogen) atoms. The van der Waals surface area contributed by atoms with E-state index < -0.39 is 0 Å². The fourth-order valence-corrected chi connectivity index (χ4v) is 1.20. The van der Waals surface area contributed by atoms with Crippen LogP contribution in [0.4, 0.5) is 0 Å². The lowest BCUT2D eigenvalue weighted by atomic mass is 10.4. The van der Waals surface area contributed by atoms with E-state index in [4.69, 9.17) is 0 Å². The molecule has 2 nitrogen and oxygen atoms in total. The fraction of sp³-hybridized carbons (Fsp3) is 0.750. The lowest BCUT2D eigenvalue weighted by molar-refractivity contribution is -0.122. The SMILES string of the molecule is O=C1CCCN1I. The van der Waals surface area contributed by atoms with Crippen LogP contribution >= 0.6 is 22.9 Å². The second kappa shape index (κ2) is 1.98. The molecule has 0 aromatic carbocycles. The average Bonchev–Trinajstić information content (AvgIpc) is 1.91. The molecule has 0 saturated carbocycles. The van der Waals surface area contributed by atoms with Crippen molar-refractivity contribution in [2.45, 2.75) is 12.8 Å². The van der Waals surface area contributed by atoms with Crippen molar-refractivity contribution in [1.82, 2.24) is 3.11 Å². The minimum atomic E-state index is 0.278. The molecule has 0 aromatic rings. The van der Waals surface area contributed by atoms with Gasteiger partial charge in [-0.15, -0.1) is 0 Å². The van der Waals surface area contributed by atoms with Crippen molar-refractivity contribution in [2.75, 3.05) is 6.54 Å². The summed E-state index contributed by atoms with van der Waals surface area (Å²) in [5.41, 5.74) is 0. The standard InChI is InChI=1S/C4H6INO/c5-6-3-1-2-4(6)7/h1-3H2. The topological polar surface area (TPSA) is 20.3 Å². The zero-order valence-corrected chi connectivity index (χ0v) is 6.01. The summed E-state index contributed by atoms with van der Waals surface area (Å²) in [6.07, 6.45) is 1.80. The highest BCUT2D eigenvalue weighted by Gasteiger charge is 2.16. The molecule has 1 saturated heterocycles. The number of nitrogens with zero attached hydrogens (tertiary/aromatic N) is 1. The minimum Gasteiger partial charge on any atom is -0.285 e. The Morgan fingerprint density at radius 2 is 2.43 bits per heavy atom. The Morgan fingerprint density at radius 1 is 1.71 bits per heavy atom. The first-order valence-electron chi connectivity index (χ1n) is 2.27. The first kappa shape index (κ1) is 5.34. The molecular weight excluding hydrogens is 205 g/mol. The molecule has 1 amide bonds. The Hall–Kier alpha value is 0.200. The third-order valence-corrected chi connectivity index (χ3v) is 2.04. The van der Waals surface area contributed by atoms with Crippen LogP contribution in [-0.2, 0) is 4.79 Å². The van der Waals surface area contributed by atoms with Crippen LogP contribution in [0.15, 0.2) is 0 Å². The Labute approximate surface area is 56.4 Å². The van der Waals surface area contributed by atoms with Gasteiger partial charge in [-0.1, -0.05) is 0 Å². The molecule has 0 atom stereocenters. The Morgan fingerprint density at radius 3 is 2.57 bits per heavy atom. The molecule has 1 fully saturated rings. The predicted octanol–water partition coefficient (Wildman–Crippen LogP) is 0.959. The second-order valence-corrected chi connectivity index (χ2v) is 2.75. The molecule has 3 heteroatoms. The first-order valence-corrected chi connectivity index (χ1v) is 3.23. The van der Waals surface area contributed by atoms with Crippen LogP contribution in [0.1, 0.15) is 12.8 Å². The number of amides is 1. The number of rotatable bonds is 0. The quantitative estimate of drug-likeness (QED) is 0.431. The van der Waals surface area contributed by atoms with Crippen LogP contribution in [-0.4, -0.2) is 15.6 Å². The molecule has 0 unspecified atom stereocenters. The van der Waals surface area contributed by atoms with Crippen molar-refractivity contribution < 1.29 is 4.79 Å². The van der Waals surface area contributed by atoms with Crippen molar-refractivity contribution in [3.8, 4) is 0 Å². The van der Waals surface area contributed by atoms with E-state index in [1.165, 1.54) is 0 Å². The second-order valence-electron chi connectivity index (χ2n) is 1.58. The number of carbonyl (C=O) groups is 1. The van der Waals surface area contributed by atoms with Gasteiger partial charge in [0.1, 0.15) is 0 Å². The first-order chi connectivity index (χ1) is 3.30. The number of carbonyl (C=O) groups excluding carboxylic acids is 1. The van der Waals surface area contributed by atoms with Gasteiger partial charge in [-0.05, 0) is 6.42 Å². The van der Waals surface area contributed by atoms with Crippen LogP contribution in [0.5, 0.6) is 0 Å². The van der Waals surface area contributed by atoms with E-state index in [1.54, 1.807) is 3.11 Å². The monoisotopic (exact) mass is 211 g/mol. The molecule has 1 aliphatic heterocycles. The molecule has 0 N–H and O–H groups in total. The highest BCUT2D eigenvalue weighted by atomic mass is 127. The van der Waals surface area contributed by atoms with Gasteiger partial charge in [0.05, 0.1) is 22.9 Å². The molecule has 0 aliphatic carbocycles. The van der Waals surface area contributed by atoms with Crippen molar-refractivity contribution in [3.05, 3.63) is 0 Å². The molecule has 1 heterocycles. The smallest absolute Gasteiger partial charge is 0.231 e. The minimum absolute atomic E-state index is 0.278. The van der Waals surface area contributed by atoms with Crippen LogP contribution < -0.4 is 0 Å². The van der Waals surface area contributed by atoms with Gasteiger partial charge in [0, 0.05) is 13.0 Å². The van der Waals surface area contributed by atoms with Gasteiger partial charge in [0.2, 0.25) is 5.91 Å². The van der Waals surface area contributed by atoms with Crippen molar-refractivity contribution in [3.63, 3.8) is 0 Å². The van der Waals surface area contributed by atoms with Gasteiger partial charge < -0.3 is 0 Å². The summed E-state index contributed by atoms with van der Waals surface area (Å²) >= 11 is 2.04. The Bertz CT molecular complexity index is 93.7. The molecule has 0 bridgehead atoms. The summed E-state index contributed by atoms with van der Waals surface area (Å²) in [5, 5.41) is 0. The number of hydrogen-bond donors (Lipinski definition) is 0. The van der Waals surface area contributed by atoms with E-state index in [2.05, 4.69) is 0 Å². The fourth-order valence-electron chi connectivity index (χ4n) is 0.615. The third-order valence-electron chi connectivity index (χ3n) is 1.02. The molecule has 0 radical (unpaired) electrons. The normalized spacial score (nSPS) is 21.3. The zero-order chi connectivity index (χ0) is 5.28. The predicted molar refractivity (Wildman–Crippen MR) is 35.0 cm³/mol. The van der Waals surface area contributed by atoms with Gasteiger partial charge in [0.25, 0.3) is 0 Å². The van der Waals surface area contributed by atoms with Gasteiger partial charge in [0.15, 0.2) is 0 Å². The lowest BCUT2D eigenvalue weighted by Gasteiger charge is -1.99. The Balaban J connectivity index is 2.48. The summed E-state index contributed by atoms with van der Waals surface area (Å²) < 4.78 is 1.73. The van der Waals surface area contributed by atoms with Gasteiger partial charge in [-0.2, -0.15) is 0 Å². The molecule has 1 aliphatic rings. The Kier molecular flexibility index (Phi) is 1.51. The average molecular weight is 211 g/mol. The summed E-state index contributed by atoms with van der Waals surface area (Å²) in [7, 11) is 0. The lowest BCUT2D eigenvalue weighted by Crippen LogP contribution is -2.09. The molecular formula is C4H6INO.